The highest BCUT2D eigenvalue weighted by Crippen LogP contribution is 2.38. The van der Waals surface area contributed by atoms with Crippen molar-refractivity contribution in [2.45, 2.75) is 12.3 Å². The first-order valence-electron chi connectivity index (χ1n) is 12.7. The summed E-state index contributed by atoms with van der Waals surface area (Å²) < 4.78 is 3.44. The summed E-state index contributed by atoms with van der Waals surface area (Å²) in [5.74, 6) is 0.186. The molecule has 182 valence electrons. The Morgan fingerprint density at radius 2 is 1.37 bits per heavy atom. The molecule has 0 spiro atoms. The summed E-state index contributed by atoms with van der Waals surface area (Å²) in [5.41, 5.74) is 8.18. The average Bonchev–Trinajstić information content (AvgIpc) is 3.31. The number of rotatable bonds is 4. The van der Waals surface area contributed by atoms with E-state index in [1.807, 2.05) is 48.8 Å². The van der Waals surface area contributed by atoms with Gasteiger partial charge in [-0.2, -0.15) is 0 Å². The first-order chi connectivity index (χ1) is 18.7. The Bertz CT molecular complexity index is 1800. The fraction of sp³-hybridized carbons (Fsp3) is 0.0606. The third kappa shape index (κ3) is 4.05. The van der Waals surface area contributed by atoms with E-state index in [0.29, 0.717) is 0 Å². The van der Waals surface area contributed by atoms with Crippen LogP contribution in [0, 0.1) is 0 Å². The Labute approximate surface area is 229 Å². The molecule has 1 unspecified atom stereocenters. The van der Waals surface area contributed by atoms with Gasteiger partial charge >= 0.3 is 0 Å². The number of fused-ring (bicyclic) bond motifs is 3. The third-order valence-electron chi connectivity index (χ3n) is 7.08. The van der Waals surface area contributed by atoms with E-state index in [1.165, 1.54) is 33.1 Å². The number of pyridine rings is 3. The molecule has 38 heavy (non-hydrogen) atoms. The molecule has 1 aliphatic carbocycles. The molecule has 0 aliphatic heterocycles. The summed E-state index contributed by atoms with van der Waals surface area (Å²) in [7, 11) is 0. The number of benzene rings is 2. The first-order valence-corrected chi connectivity index (χ1v) is 13.5. The number of hydrogen-bond donors (Lipinski definition) is 0. The maximum Gasteiger partial charge on any atom is 0.0897 e. The summed E-state index contributed by atoms with van der Waals surface area (Å²) in [6.45, 7) is 0. The third-order valence-corrected chi connectivity index (χ3v) is 7.57. The van der Waals surface area contributed by atoms with Gasteiger partial charge in [0.1, 0.15) is 0 Å². The number of nitrogens with zero attached hydrogens (tertiary/aromatic N) is 4. The van der Waals surface area contributed by atoms with E-state index in [-0.39, 0.29) is 5.92 Å². The maximum absolute atomic E-state index is 4.96. The Hall–Kier alpha value is -4.35. The lowest BCUT2D eigenvalue weighted by Crippen LogP contribution is -2.05. The van der Waals surface area contributed by atoms with Crippen molar-refractivity contribution in [3.63, 3.8) is 0 Å². The highest BCUT2D eigenvalue weighted by atomic mass is 79.9. The van der Waals surface area contributed by atoms with Crippen LogP contribution in [0.15, 0.2) is 126 Å². The van der Waals surface area contributed by atoms with E-state index in [1.54, 1.807) is 0 Å². The molecule has 0 saturated heterocycles. The van der Waals surface area contributed by atoms with Crippen LogP contribution in [0.25, 0.3) is 50.3 Å². The normalized spacial score (nSPS) is 15.2. The summed E-state index contributed by atoms with van der Waals surface area (Å²) in [5, 5.41) is 2.50. The molecule has 0 N–H and O–H groups in total. The monoisotopic (exact) mass is 554 g/mol. The van der Waals surface area contributed by atoms with Crippen LogP contribution in [0.1, 0.15) is 17.9 Å². The van der Waals surface area contributed by atoms with Gasteiger partial charge in [0.15, 0.2) is 0 Å². The number of hydrogen-bond acceptors (Lipinski definition) is 3. The minimum Gasteiger partial charge on any atom is -0.310 e. The Kier molecular flexibility index (Phi) is 5.71. The van der Waals surface area contributed by atoms with Gasteiger partial charge < -0.3 is 4.57 Å². The minimum atomic E-state index is 0.186. The quantitative estimate of drug-likeness (QED) is 0.219. The van der Waals surface area contributed by atoms with Gasteiger partial charge in [-0.15, -0.1) is 0 Å². The van der Waals surface area contributed by atoms with Crippen molar-refractivity contribution >= 4 is 43.4 Å². The molecule has 4 nitrogen and oxygen atoms in total. The van der Waals surface area contributed by atoms with Crippen molar-refractivity contribution in [2.24, 2.45) is 0 Å². The van der Waals surface area contributed by atoms with Crippen LogP contribution in [-0.4, -0.2) is 19.5 Å². The van der Waals surface area contributed by atoms with E-state index in [2.05, 4.69) is 103 Å². The molecule has 0 amide bonds. The van der Waals surface area contributed by atoms with Crippen molar-refractivity contribution in [3.05, 3.63) is 132 Å². The molecule has 1 aliphatic rings. The van der Waals surface area contributed by atoms with Crippen molar-refractivity contribution in [1.82, 2.24) is 19.5 Å². The van der Waals surface area contributed by atoms with Gasteiger partial charge in [-0.1, -0.05) is 64.5 Å². The lowest BCUT2D eigenvalue weighted by molar-refractivity contribution is 0.847. The van der Waals surface area contributed by atoms with E-state index in [9.17, 15) is 0 Å². The van der Waals surface area contributed by atoms with Crippen LogP contribution >= 0.6 is 15.9 Å². The molecule has 6 aromatic rings. The number of para-hydroxylation sites is 1. The molecular weight excluding hydrogens is 532 g/mol. The molecule has 4 heterocycles. The number of aromatic nitrogens is 4. The summed E-state index contributed by atoms with van der Waals surface area (Å²) in [6, 6.07) is 31.4. The molecule has 0 bridgehead atoms. The Balaban J connectivity index is 1.40. The van der Waals surface area contributed by atoms with Crippen LogP contribution in [-0.2, 0) is 0 Å². The van der Waals surface area contributed by atoms with Gasteiger partial charge in [0.05, 0.1) is 33.8 Å². The van der Waals surface area contributed by atoms with Gasteiger partial charge in [0, 0.05) is 39.3 Å². The van der Waals surface area contributed by atoms with Gasteiger partial charge in [0.2, 0.25) is 0 Å². The van der Waals surface area contributed by atoms with Crippen molar-refractivity contribution in [2.75, 3.05) is 0 Å². The molecule has 0 radical (unpaired) electrons. The lowest BCUT2D eigenvalue weighted by atomic mass is 9.90. The minimum absolute atomic E-state index is 0.186. The zero-order valence-corrected chi connectivity index (χ0v) is 22.1. The molecule has 0 saturated carbocycles. The number of halogens is 1. The molecule has 2 aromatic carbocycles. The molecule has 1 atom stereocenters. The van der Waals surface area contributed by atoms with Crippen LogP contribution < -0.4 is 0 Å². The summed E-state index contributed by atoms with van der Waals surface area (Å²) in [6.07, 6.45) is 11.4. The fourth-order valence-electron chi connectivity index (χ4n) is 5.33. The Morgan fingerprint density at radius 1 is 0.684 bits per heavy atom. The van der Waals surface area contributed by atoms with Crippen molar-refractivity contribution < 1.29 is 0 Å². The smallest absolute Gasteiger partial charge is 0.0897 e. The largest absolute Gasteiger partial charge is 0.310 e. The predicted molar refractivity (Wildman–Crippen MR) is 159 cm³/mol. The highest BCUT2D eigenvalue weighted by Gasteiger charge is 2.19. The lowest BCUT2D eigenvalue weighted by Gasteiger charge is -2.20. The second-order valence-corrected chi connectivity index (χ2v) is 10.4. The fourth-order valence-corrected chi connectivity index (χ4v) is 5.67. The maximum atomic E-state index is 4.96. The zero-order valence-electron chi connectivity index (χ0n) is 20.5. The van der Waals surface area contributed by atoms with Crippen LogP contribution in [0.2, 0.25) is 0 Å². The molecule has 7 rings (SSSR count). The van der Waals surface area contributed by atoms with Gasteiger partial charge in [0.25, 0.3) is 0 Å². The topological polar surface area (TPSA) is 43.6 Å². The Morgan fingerprint density at radius 3 is 2.08 bits per heavy atom. The predicted octanol–water partition coefficient (Wildman–Crippen LogP) is 8.66. The number of allylic oxidation sites excluding steroid dienone is 4. The van der Waals surface area contributed by atoms with Crippen LogP contribution in [0.4, 0.5) is 0 Å². The van der Waals surface area contributed by atoms with Crippen LogP contribution in [0.5, 0.6) is 0 Å². The molecule has 0 fully saturated rings. The second kappa shape index (κ2) is 9.51. The van der Waals surface area contributed by atoms with Gasteiger partial charge in [-0.3, -0.25) is 9.97 Å². The SMILES string of the molecule is Brc1ccc2c3ccccc3n(C3=CC(c4cc(-c5ccccn5)nc(-c5ccccn5)c4)CC=C3)c2c1. The highest BCUT2D eigenvalue weighted by molar-refractivity contribution is 9.10. The molecule has 5 heteroatoms. The zero-order chi connectivity index (χ0) is 25.5. The van der Waals surface area contributed by atoms with E-state index >= 15 is 0 Å². The summed E-state index contributed by atoms with van der Waals surface area (Å²) in [4.78, 5) is 14.1. The van der Waals surface area contributed by atoms with Gasteiger partial charge in [-0.25, -0.2) is 4.98 Å². The average molecular weight is 555 g/mol. The summed E-state index contributed by atoms with van der Waals surface area (Å²) >= 11 is 3.69. The van der Waals surface area contributed by atoms with Crippen LogP contribution in [0.3, 0.4) is 0 Å². The standard InChI is InChI=1S/C33H23BrN4/c34-24-14-15-27-26-10-1-2-13-32(26)38(33(27)21-24)25-9-7-8-22(18-25)23-19-30(28-11-3-5-16-35-28)37-31(20-23)29-12-4-6-17-36-29/h1-7,9-22H,8H2. The molecule has 4 aromatic heterocycles. The van der Waals surface area contributed by atoms with E-state index in [4.69, 9.17) is 4.98 Å². The first kappa shape index (κ1) is 22.8. The molecular formula is C33H23BrN4. The van der Waals surface area contributed by atoms with E-state index < -0.39 is 0 Å². The van der Waals surface area contributed by atoms with E-state index in [0.717, 1.165) is 33.7 Å². The van der Waals surface area contributed by atoms with Crippen molar-refractivity contribution in [3.8, 4) is 22.8 Å². The van der Waals surface area contributed by atoms with Gasteiger partial charge in [-0.05, 0) is 72.7 Å². The second-order valence-electron chi connectivity index (χ2n) is 9.45. The van der Waals surface area contributed by atoms with Crippen molar-refractivity contribution in [1.29, 1.82) is 0 Å².